The van der Waals surface area contributed by atoms with E-state index in [4.69, 9.17) is 5.73 Å². The van der Waals surface area contributed by atoms with Crippen LogP contribution in [0.2, 0.25) is 0 Å². The second kappa shape index (κ2) is 4.43. The molecule has 3 heteroatoms. The Morgan fingerprint density at radius 3 is 2.79 bits per heavy atom. The third kappa shape index (κ3) is 2.19. The van der Waals surface area contributed by atoms with Crippen LogP contribution in [0, 0.1) is 12.7 Å². The first-order valence-corrected chi connectivity index (χ1v) is 6.23. The van der Waals surface area contributed by atoms with Gasteiger partial charge in [-0.1, -0.05) is 6.07 Å². The molecule has 0 spiro atoms. The van der Waals surface area contributed by atoms with Crippen LogP contribution in [0.15, 0.2) is 48.7 Å². The molecule has 0 saturated heterocycles. The molecule has 0 unspecified atom stereocenters. The van der Waals surface area contributed by atoms with E-state index in [2.05, 4.69) is 4.57 Å². The number of aryl methyl sites for hydroxylation is 1. The van der Waals surface area contributed by atoms with E-state index in [1.165, 1.54) is 6.07 Å². The van der Waals surface area contributed by atoms with E-state index in [9.17, 15) is 4.39 Å². The van der Waals surface area contributed by atoms with Gasteiger partial charge in [0.25, 0.3) is 0 Å². The highest BCUT2D eigenvalue weighted by molar-refractivity contribution is 5.83. The number of anilines is 1. The largest absolute Gasteiger partial charge is 0.399 e. The van der Waals surface area contributed by atoms with Crippen LogP contribution in [0.4, 0.5) is 10.1 Å². The second-order valence-corrected chi connectivity index (χ2v) is 4.83. The average molecular weight is 254 g/mol. The topological polar surface area (TPSA) is 30.9 Å². The minimum absolute atomic E-state index is 0.193. The maximum Gasteiger partial charge on any atom is 0.123 e. The summed E-state index contributed by atoms with van der Waals surface area (Å²) in [5, 5.41) is 1.11. The lowest BCUT2D eigenvalue weighted by Gasteiger charge is -2.09. The van der Waals surface area contributed by atoms with Crippen LogP contribution in [0.5, 0.6) is 0 Å². The molecule has 0 fully saturated rings. The molecule has 0 atom stereocenters. The fourth-order valence-corrected chi connectivity index (χ4v) is 2.35. The molecule has 0 amide bonds. The predicted molar refractivity (Wildman–Crippen MR) is 76.6 cm³/mol. The van der Waals surface area contributed by atoms with Crippen molar-refractivity contribution in [3.8, 4) is 0 Å². The van der Waals surface area contributed by atoms with Crippen molar-refractivity contribution < 1.29 is 4.39 Å². The van der Waals surface area contributed by atoms with Gasteiger partial charge in [-0.15, -0.1) is 0 Å². The van der Waals surface area contributed by atoms with E-state index >= 15 is 0 Å². The second-order valence-electron chi connectivity index (χ2n) is 4.83. The van der Waals surface area contributed by atoms with Crippen molar-refractivity contribution in [2.75, 3.05) is 5.73 Å². The van der Waals surface area contributed by atoms with Gasteiger partial charge in [0.15, 0.2) is 0 Å². The molecule has 96 valence electrons. The minimum Gasteiger partial charge on any atom is -0.399 e. The third-order valence-corrected chi connectivity index (χ3v) is 3.45. The molecule has 3 rings (SSSR count). The maximum absolute atomic E-state index is 13.3. The summed E-state index contributed by atoms with van der Waals surface area (Å²) < 4.78 is 15.4. The summed E-state index contributed by atoms with van der Waals surface area (Å²) >= 11 is 0. The van der Waals surface area contributed by atoms with Crippen molar-refractivity contribution in [3.05, 3.63) is 65.6 Å². The number of nitrogens with zero attached hydrogens (tertiary/aromatic N) is 1. The number of hydrogen-bond donors (Lipinski definition) is 1. The zero-order valence-electron chi connectivity index (χ0n) is 10.7. The summed E-state index contributed by atoms with van der Waals surface area (Å²) in [5.41, 5.74) is 9.73. The fourth-order valence-electron chi connectivity index (χ4n) is 2.35. The molecule has 0 radical (unpaired) electrons. The van der Waals surface area contributed by atoms with Gasteiger partial charge in [-0.25, -0.2) is 4.39 Å². The number of aromatic nitrogens is 1. The van der Waals surface area contributed by atoms with E-state index in [0.717, 1.165) is 27.7 Å². The van der Waals surface area contributed by atoms with Gasteiger partial charge in [-0.05, 0) is 54.4 Å². The summed E-state index contributed by atoms with van der Waals surface area (Å²) in [6, 6.07) is 12.8. The Bertz CT molecular complexity index is 744. The minimum atomic E-state index is -0.193. The fraction of sp³-hybridized carbons (Fsp3) is 0.125. The highest BCUT2D eigenvalue weighted by Crippen LogP contribution is 2.21. The monoisotopic (exact) mass is 254 g/mol. The third-order valence-electron chi connectivity index (χ3n) is 3.45. The highest BCUT2D eigenvalue weighted by Gasteiger charge is 2.05. The number of benzene rings is 2. The van der Waals surface area contributed by atoms with E-state index in [0.29, 0.717) is 6.54 Å². The maximum atomic E-state index is 13.3. The summed E-state index contributed by atoms with van der Waals surface area (Å²) in [6.45, 7) is 2.66. The van der Waals surface area contributed by atoms with E-state index in [-0.39, 0.29) is 5.82 Å². The molecule has 1 heterocycles. The summed E-state index contributed by atoms with van der Waals surface area (Å²) in [5.74, 6) is -0.193. The molecule has 2 N–H and O–H groups in total. The van der Waals surface area contributed by atoms with Gasteiger partial charge in [-0.2, -0.15) is 0 Å². The number of rotatable bonds is 2. The van der Waals surface area contributed by atoms with Gasteiger partial charge in [-0.3, -0.25) is 0 Å². The van der Waals surface area contributed by atoms with Crippen molar-refractivity contribution >= 4 is 16.6 Å². The molecule has 0 aliphatic heterocycles. The van der Waals surface area contributed by atoms with Gasteiger partial charge in [0.05, 0.1) is 0 Å². The summed E-state index contributed by atoms with van der Waals surface area (Å²) in [6.07, 6.45) is 2.01. The zero-order valence-corrected chi connectivity index (χ0v) is 10.7. The zero-order chi connectivity index (χ0) is 13.4. The summed E-state index contributed by atoms with van der Waals surface area (Å²) in [7, 11) is 0. The van der Waals surface area contributed by atoms with Crippen molar-refractivity contribution in [2.24, 2.45) is 0 Å². The molecule has 0 aliphatic rings. The van der Waals surface area contributed by atoms with Crippen LogP contribution in [-0.4, -0.2) is 4.57 Å². The Morgan fingerprint density at radius 2 is 1.95 bits per heavy atom. The van der Waals surface area contributed by atoms with E-state index in [1.54, 1.807) is 6.07 Å². The van der Waals surface area contributed by atoms with Crippen LogP contribution in [0.25, 0.3) is 10.9 Å². The van der Waals surface area contributed by atoms with Gasteiger partial charge in [0.1, 0.15) is 5.82 Å². The lowest BCUT2D eigenvalue weighted by Crippen LogP contribution is -2.00. The van der Waals surface area contributed by atoms with Gasteiger partial charge in [0, 0.05) is 29.3 Å². The molecule has 3 aromatic rings. The van der Waals surface area contributed by atoms with Crippen molar-refractivity contribution in [3.63, 3.8) is 0 Å². The molecule has 1 aromatic heterocycles. The van der Waals surface area contributed by atoms with E-state index < -0.39 is 0 Å². The Kier molecular flexibility index (Phi) is 2.75. The van der Waals surface area contributed by atoms with Crippen LogP contribution in [0.1, 0.15) is 11.1 Å². The number of nitrogens with two attached hydrogens (primary N) is 1. The molecule has 2 nitrogen and oxygen atoms in total. The number of nitrogen functional groups attached to an aromatic ring is 1. The lowest BCUT2D eigenvalue weighted by atomic mass is 10.1. The van der Waals surface area contributed by atoms with Gasteiger partial charge >= 0.3 is 0 Å². The normalized spacial score (nSPS) is 11.1. The smallest absolute Gasteiger partial charge is 0.123 e. The Balaban J connectivity index is 2.03. The molecule has 0 aliphatic carbocycles. The number of hydrogen-bond acceptors (Lipinski definition) is 1. The summed E-state index contributed by atoms with van der Waals surface area (Å²) in [4.78, 5) is 0. The standard InChI is InChI=1S/C16H15FN2/c1-11-2-3-14(17)8-13(11)10-19-7-6-12-9-15(18)4-5-16(12)19/h2-9H,10,18H2,1H3. The molecule has 2 aromatic carbocycles. The Hall–Kier alpha value is -2.29. The first-order chi connectivity index (χ1) is 9.13. The molecular weight excluding hydrogens is 239 g/mol. The molecule has 0 saturated carbocycles. The molecule has 0 bridgehead atoms. The van der Waals surface area contributed by atoms with Crippen LogP contribution >= 0.6 is 0 Å². The average Bonchev–Trinajstić information content (AvgIpc) is 2.76. The van der Waals surface area contributed by atoms with Crippen molar-refractivity contribution in [2.45, 2.75) is 13.5 Å². The number of halogens is 1. The number of fused-ring (bicyclic) bond motifs is 1. The van der Waals surface area contributed by atoms with Crippen LogP contribution < -0.4 is 5.73 Å². The first-order valence-electron chi connectivity index (χ1n) is 6.23. The Morgan fingerprint density at radius 1 is 1.11 bits per heavy atom. The molecule has 19 heavy (non-hydrogen) atoms. The van der Waals surface area contributed by atoms with Crippen LogP contribution in [-0.2, 0) is 6.54 Å². The van der Waals surface area contributed by atoms with Gasteiger partial charge in [0.2, 0.25) is 0 Å². The first kappa shape index (κ1) is 11.8. The SMILES string of the molecule is Cc1ccc(F)cc1Cn1ccc2cc(N)ccc21. The van der Waals surface area contributed by atoms with Crippen LogP contribution in [0.3, 0.4) is 0 Å². The predicted octanol–water partition coefficient (Wildman–Crippen LogP) is 3.72. The van der Waals surface area contributed by atoms with Gasteiger partial charge < -0.3 is 10.3 Å². The van der Waals surface area contributed by atoms with E-state index in [1.807, 2.05) is 43.5 Å². The van der Waals surface area contributed by atoms with Crippen molar-refractivity contribution in [1.82, 2.24) is 4.57 Å². The lowest BCUT2D eigenvalue weighted by molar-refractivity contribution is 0.623. The Labute approximate surface area is 111 Å². The highest BCUT2D eigenvalue weighted by atomic mass is 19.1. The van der Waals surface area contributed by atoms with Crippen molar-refractivity contribution in [1.29, 1.82) is 0 Å². The quantitative estimate of drug-likeness (QED) is 0.694. The molecular formula is C16H15FN2.